The highest BCUT2D eigenvalue weighted by atomic mass is 14.8. The maximum atomic E-state index is 8.30. The highest BCUT2D eigenvalue weighted by molar-refractivity contribution is 5.09. The molecule has 0 aliphatic carbocycles. The van der Waals surface area contributed by atoms with Crippen LogP contribution in [0.3, 0.4) is 0 Å². The van der Waals surface area contributed by atoms with E-state index < -0.39 is 0 Å². The summed E-state index contributed by atoms with van der Waals surface area (Å²) in [6, 6.07) is 3.83. The quantitative estimate of drug-likeness (QED) is 0.570. The Balaban J connectivity index is 2.87. The molecule has 10 heavy (non-hydrogen) atoms. The maximum absolute atomic E-state index is 8.30. The van der Waals surface area contributed by atoms with E-state index in [-0.39, 0.29) is 0 Å². The first-order valence-electron chi connectivity index (χ1n) is 2.97. The zero-order chi connectivity index (χ0) is 7.40. The lowest BCUT2D eigenvalue weighted by Crippen LogP contribution is -1.90. The van der Waals surface area contributed by atoms with Crippen LogP contribution in [0, 0.1) is 18.3 Å². The van der Waals surface area contributed by atoms with Crippen molar-refractivity contribution in [1.29, 1.82) is 5.26 Å². The van der Waals surface area contributed by atoms with Crippen molar-refractivity contribution in [1.82, 2.24) is 9.97 Å². The molecule has 0 saturated carbocycles. The average molecular weight is 133 g/mol. The van der Waals surface area contributed by atoms with E-state index in [1.165, 1.54) is 6.33 Å². The van der Waals surface area contributed by atoms with Gasteiger partial charge in [-0.15, -0.1) is 0 Å². The van der Waals surface area contributed by atoms with E-state index >= 15 is 0 Å². The van der Waals surface area contributed by atoms with Crippen molar-refractivity contribution in [3.05, 3.63) is 23.8 Å². The molecule has 1 aromatic rings. The SMILES string of the molecule is Cc1cc(CC#N)ncn1. The number of nitrogens with zero attached hydrogens (tertiary/aromatic N) is 3. The van der Waals surface area contributed by atoms with Gasteiger partial charge >= 0.3 is 0 Å². The molecule has 0 radical (unpaired) electrons. The third-order valence-corrected chi connectivity index (χ3v) is 1.12. The zero-order valence-corrected chi connectivity index (χ0v) is 5.70. The van der Waals surface area contributed by atoms with Crippen LogP contribution in [-0.2, 0) is 6.42 Å². The molecule has 0 N–H and O–H groups in total. The summed E-state index contributed by atoms with van der Waals surface area (Å²) in [5, 5.41) is 8.30. The van der Waals surface area contributed by atoms with Crippen LogP contribution in [0.2, 0.25) is 0 Å². The molecule has 0 aromatic carbocycles. The van der Waals surface area contributed by atoms with Crippen LogP contribution in [0.25, 0.3) is 0 Å². The van der Waals surface area contributed by atoms with E-state index in [4.69, 9.17) is 5.26 Å². The van der Waals surface area contributed by atoms with Gasteiger partial charge in [0.25, 0.3) is 0 Å². The van der Waals surface area contributed by atoms with Crippen LogP contribution in [-0.4, -0.2) is 9.97 Å². The summed E-state index contributed by atoms with van der Waals surface area (Å²) in [5.41, 5.74) is 1.69. The summed E-state index contributed by atoms with van der Waals surface area (Å²) in [4.78, 5) is 7.80. The van der Waals surface area contributed by atoms with Crippen LogP contribution in [0.5, 0.6) is 0 Å². The summed E-state index contributed by atoms with van der Waals surface area (Å²) in [5.74, 6) is 0. The molecule has 50 valence electrons. The molecule has 0 spiro atoms. The summed E-state index contributed by atoms with van der Waals surface area (Å²) >= 11 is 0. The predicted octanol–water partition coefficient (Wildman–Crippen LogP) is 0.851. The normalized spacial score (nSPS) is 8.80. The van der Waals surface area contributed by atoms with Crippen molar-refractivity contribution >= 4 is 0 Å². The van der Waals surface area contributed by atoms with Gasteiger partial charge in [-0.25, -0.2) is 9.97 Å². The Hall–Kier alpha value is -1.43. The van der Waals surface area contributed by atoms with Gasteiger partial charge in [0.05, 0.1) is 18.2 Å². The molecule has 1 rings (SSSR count). The predicted molar refractivity (Wildman–Crippen MR) is 36.1 cm³/mol. The Labute approximate surface area is 59.4 Å². The summed E-state index contributed by atoms with van der Waals surface area (Å²) in [6.07, 6.45) is 1.84. The second kappa shape index (κ2) is 2.92. The van der Waals surface area contributed by atoms with E-state index in [1.54, 1.807) is 0 Å². The fourth-order valence-corrected chi connectivity index (χ4v) is 0.687. The van der Waals surface area contributed by atoms with E-state index in [0.717, 1.165) is 11.4 Å². The number of hydrogen-bond donors (Lipinski definition) is 0. The number of hydrogen-bond acceptors (Lipinski definition) is 3. The first-order chi connectivity index (χ1) is 4.83. The van der Waals surface area contributed by atoms with Gasteiger partial charge in [-0.1, -0.05) is 0 Å². The Morgan fingerprint density at radius 2 is 2.40 bits per heavy atom. The number of rotatable bonds is 1. The molecule has 1 heterocycles. The molecular weight excluding hydrogens is 126 g/mol. The molecule has 0 amide bonds. The molecule has 0 aliphatic heterocycles. The zero-order valence-electron chi connectivity index (χ0n) is 5.70. The van der Waals surface area contributed by atoms with Gasteiger partial charge in [0.15, 0.2) is 0 Å². The summed E-state index contributed by atoms with van der Waals surface area (Å²) < 4.78 is 0. The Kier molecular flexibility index (Phi) is 1.96. The summed E-state index contributed by atoms with van der Waals surface area (Å²) in [6.45, 7) is 1.88. The van der Waals surface area contributed by atoms with Crippen molar-refractivity contribution in [3.8, 4) is 6.07 Å². The highest BCUT2D eigenvalue weighted by Gasteiger charge is 1.91. The third kappa shape index (κ3) is 1.52. The summed E-state index contributed by atoms with van der Waals surface area (Å²) in [7, 11) is 0. The molecule has 0 fully saturated rings. The smallest absolute Gasteiger partial charge is 0.115 e. The number of aromatic nitrogens is 2. The third-order valence-electron chi connectivity index (χ3n) is 1.12. The second-order valence-electron chi connectivity index (χ2n) is 1.99. The number of nitriles is 1. The lowest BCUT2D eigenvalue weighted by molar-refractivity contribution is 1.02. The van der Waals surface area contributed by atoms with E-state index in [9.17, 15) is 0 Å². The minimum Gasteiger partial charge on any atom is -0.242 e. The van der Waals surface area contributed by atoms with Crippen molar-refractivity contribution in [3.63, 3.8) is 0 Å². The van der Waals surface area contributed by atoms with Gasteiger partial charge in [-0.3, -0.25) is 0 Å². The largest absolute Gasteiger partial charge is 0.242 e. The van der Waals surface area contributed by atoms with E-state index in [0.29, 0.717) is 6.42 Å². The van der Waals surface area contributed by atoms with E-state index in [1.807, 2.05) is 19.1 Å². The molecule has 0 aliphatic rings. The van der Waals surface area contributed by atoms with Crippen molar-refractivity contribution in [2.24, 2.45) is 0 Å². The molecule has 1 aromatic heterocycles. The lowest BCUT2D eigenvalue weighted by atomic mass is 10.3. The Bertz CT molecular complexity index is 262. The molecule has 0 saturated heterocycles. The van der Waals surface area contributed by atoms with Crippen LogP contribution in [0.4, 0.5) is 0 Å². The van der Waals surface area contributed by atoms with Crippen molar-refractivity contribution in [2.75, 3.05) is 0 Å². The maximum Gasteiger partial charge on any atom is 0.115 e. The van der Waals surface area contributed by atoms with Gasteiger partial charge in [-0.2, -0.15) is 5.26 Å². The van der Waals surface area contributed by atoms with Crippen molar-refractivity contribution < 1.29 is 0 Å². The van der Waals surface area contributed by atoms with Gasteiger partial charge in [0, 0.05) is 5.69 Å². The molecule has 0 bridgehead atoms. The van der Waals surface area contributed by atoms with E-state index in [2.05, 4.69) is 9.97 Å². The molecule has 3 nitrogen and oxygen atoms in total. The molecule has 0 atom stereocenters. The van der Waals surface area contributed by atoms with Crippen LogP contribution >= 0.6 is 0 Å². The minimum absolute atomic E-state index is 0.364. The van der Waals surface area contributed by atoms with Crippen LogP contribution in [0.1, 0.15) is 11.4 Å². The van der Waals surface area contributed by atoms with Crippen LogP contribution < -0.4 is 0 Å². The average Bonchev–Trinajstić information content (AvgIpc) is 1.88. The van der Waals surface area contributed by atoms with Crippen molar-refractivity contribution in [2.45, 2.75) is 13.3 Å². The lowest BCUT2D eigenvalue weighted by Gasteiger charge is -1.92. The highest BCUT2D eigenvalue weighted by Crippen LogP contribution is 1.95. The molecular formula is C7H7N3. The molecule has 3 heteroatoms. The van der Waals surface area contributed by atoms with Gasteiger partial charge in [0.2, 0.25) is 0 Å². The second-order valence-corrected chi connectivity index (χ2v) is 1.99. The number of aryl methyl sites for hydroxylation is 1. The minimum atomic E-state index is 0.364. The Morgan fingerprint density at radius 3 is 3.00 bits per heavy atom. The molecule has 0 unspecified atom stereocenters. The van der Waals surface area contributed by atoms with Crippen LogP contribution in [0.15, 0.2) is 12.4 Å². The Morgan fingerprint density at radius 1 is 1.60 bits per heavy atom. The topological polar surface area (TPSA) is 49.6 Å². The van der Waals surface area contributed by atoms with Gasteiger partial charge in [-0.05, 0) is 13.0 Å². The fraction of sp³-hybridized carbons (Fsp3) is 0.286. The first kappa shape index (κ1) is 6.69. The standard InChI is InChI=1S/C7H7N3/c1-6-4-7(2-3-8)10-5-9-6/h4-5H,2H2,1H3. The van der Waals surface area contributed by atoms with Gasteiger partial charge < -0.3 is 0 Å². The van der Waals surface area contributed by atoms with Gasteiger partial charge in [0.1, 0.15) is 6.33 Å². The first-order valence-corrected chi connectivity index (χ1v) is 2.97. The monoisotopic (exact) mass is 133 g/mol. The fourth-order valence-electron chi connectivity index (χ4n) is 0.687.